The highest BCUT2D eigenvalue weighted by Gasteiger charge is 2.18. The Labute approximate surface area is 111 Å². The van der Waals surface area contributed by atoms with Crippen molar-refractivity contribution in [3.05, 3.63) is 28.0 Å². The van der Waals surface area contributed by atoms with E-state index in [1.54, 1.807) is 11.7 Å². The quantitative estimate of drug-likeness (QED) is 0.704. The predicted octanol–water partition coefficient (Wildman–Crippen LogP) is 0.517. The van der Waals surface area contributed by atoms with E-state index in [1.165, 1.54) is 13.2 Å². The molecule has 0 aliphatic rings. The van der Waals surface area contributed by atoms with Crippen molar-refractivity contribution in [2.45, 2.75) is 0 Å². The molecule has 0 fully saturated rings. The number of aromatic carboxylic acids is 1. The van der Waals surface area contributed by atoms with Crippen molar-refractivity contribution in [3.8, 4) is 5.75 Å². The van der Waals surface area contributed by atoms with Gasteiger partial charge in [-0.2, -0.15) is 5.10 Å². The third-order valence-corrected chi connectivity index (χ3v) is 3.12. The van der Waals surface area contributed by atoms with Crippen molar-refractivity contribution < 1.29 is 14.6 Å². The molecule has 0 radical (unpaired) electrons. The number of ether oxygens (including phenoxy) is 1. The molecule has 0 spiro atoms. The maximum absolute atomic E-state index is 12.2. The highest BCUT2D eigenvalue weighted by atomic mass is 16.5. The van der Waals surface area contributed by atoms with E-state index < -0.39 is 11.4 Å². The lowest BCUT2D eigenvalue weighted by atomic mass is 10.1. The number of H-pyrrole nitrogens is 1. The number of carboxylic acid groups (broad SMARTS) is 1. The zero-order chi connectivity index (χ0) is 14.4. The summed E-state index contributed by atoms with van der Waals surface area (Å²) in [5.74, 6) is -0.888. The summed E-state index contributed by atoms with van der Waals surface area (Å²) < 4.78 is 6.86. The SMILES string of the molecule is COc1cc2c(=O)c(C(=O)O)cnc2c2n[nH]n(C)c12. The zero-order valence-corrected chi connectivity index (χ0v) is 10.7. The van der Waals surface area contributed by atoms with Gasteiger partial charge in [-0.15, -0.1) is 0 Å². The average molecular weight is 274 g/mol. The summed E-state index contributed by atoms with van der Waals surface area (Å²) in [6, 6.07) is 1.48. The molecule has 2 heterocycles. The number of hydrogen-bond acceptors (Lipinski definition) is 5. The maximum atomic E-state index is 12.2. The van der Waals surface area contributed by atoms with Crippen LogP contribution in [0.5, 0.6) is 5.75 Å². The second-order valence-electron chi connectivity index (χ2n) is 4.25. The normalized spacial score (nSPS) is 11.1. The van der Waals surface area contributed by atoms with Crippen LogP contribution in [0, 0.1) is 0 Å². The molecule has 8 heteroatoms. The zero-order valence-electron chi connectivity index (χ0n) is 10.7. The Morgan fingerprint density at radius 1 is 1.45 bits per heavy atom. The molecule has 0 amide bonds. The van der Waals surface area contributed by atoms with E-state index in [4.69, 9.17) is 9.84 Å². The Hall–Kier alpha value is -2.90. The lowest BCUT2D eigenvalue weighted by molar-refractivity contribution is 0.0695. The van der Waals surface area contributed by atoms with Crippen molar-refractivity contribution in [1.29, 1.82) is 0 Å². The largest absolute Gasteiger partial charge is 0.494 e. The molecule has 3 rings (SSSR count). The third-order valence-electron chi connectivity index (χ3n) is 3.12. The highest BCUT2D eigenvalue weighted by Crippen LogP contribution is 2.29. The summed E-state index contributed by atoms with van der Waals surface area (Å²) in [4.78, 5) is 27.2. The van der Waals surface area contributed by atoms with Crippen LogP contribution >= 0.6 is 0 Å². The molecule has 1 aromatic carbocycles. The van der Waals surface area contributed by atoms with Gasteiger partial charge in [0.1, 0.15) is 27.9 Å². The molecule has 0 aliphatic carbocycles. The first-order valence-electron chi connectivity index (χ1n) is 5.68. The number of rotatable bonds is 2. The number of nitrogens with one attached hydrogen (secondary N) is 1. The predicted molar refractivity (Wildman–Crippen MR) is 70.1 cm³/mol. The van der Waals surface area contributed by atoms with Gasteiger partial charge in [0.2, 0.25) is 5.43 Å². The van der Waals surface area contributed by atoms with Gasteiger partial charge >= 0.3 is 5.97 Å². The minimum absolute atomic E-state index is 0.168. The number of pyridine rings is 1. The van der Waals surface area contributed by atoms with Gasteiger partial charge in [0.15, 0.2) is 0 Å². The Morgan fingerprint density at radius 3 is 2.85 bits per heavy atom. The molecule has 0 saturated carbocycles. The smallest absolute Gasteiger partial charge is 0.341 e. The number of carboxylic acids is 1. The molecule has 3 aromatic rings. The summed E-state index contributed by atoms with van der Waals surface area (Å²) in [5, 5.41) is 15.9. The molecule has 8 nitrogen and oxygen atoms in total. The van der Waals surface area contributed by atoms with Crippen LogP contribution in [0.3, 0.4) is 0 Å². The average Bonchev–Trinajstić information content (AvgIpc) is 2.81. The van der Waals surface area contributed by atoms with E-state index >= 15 is 0 Å². The summed E-state index contributed by atoms with van der Waals surface area (Å²) >= 11 is 0. The molecule has 0 atom stereocenters. The molecule has 2 N–H and O–H groups in total. The van der Waals surface area contributed by atoms with Gasteiger partial charge in [-0.3, -0.25) is 14.5 Å². The number of fused-ring (bicyclic) bond motifs is 3. The van der Waals surface area contributed by atoms with Crippen molar-refractivity contribution in [2.24, 2.45) is 7.05 Å². The van der Waals surface area contributed by atoms with Gasteiger partial charge in [-0.05, 0) is 6.07 Å². The first kappa shape index (κ1) is 12.2. The van der Waals surface area contributed by atoms with Gasteiger partial charge in [0.25, 0.3) is 0 Å². The topological polar surface area (TPSA) is 110 Å². The van der Waals surface area contributed by atoms with Crippen molar-refractivity contribution in [3.63, 3.8) is 0 Å². The lowest BCUT2D eigenvalue weighted by Crippen LogP contribution is -2.15. The number of aromatic nitrogens is 4. The summed E-state index contributed by atoms with van der Waals surface area (Å²) in [6.45, 7) is 0. The van der Waals surface area contributed by atoms with Crippen molar-refractivity contribution >= 4 is 27.9 Å². The van der Waals surface area contributed by atoms with Gasteiger partial charge in [-0.25, -0.2) is 10.0 Å². The molecular formula is C12H10N4O4. The van der Waals surface area contributed by atoms with E-state index in [2.05, 4.69) is 15.3 Å². The van der Waals surface area contributed by atoms with Crippen LogP contribution < -0.4 is 10.2 Å². The Morgan fingerprint density at radius 2 is 2.20 bits per heavy atom. The Kier molecular flexibility index (Phi) is 2.46. The van der Waals surface area contributed by atoms with E-state index in [1.807, 2.05) is 0 Å². The summed E-state index contributed by atoms with van der Waals surface area (Å²) in [6.07, 6.45) is 1.05. The molecule has 0 aliphatic heterocycles. The second kappa shape index (κ2) is 4.05. The number of methoxy groups -OCH3 is 1. The molecular weight excluding hydrogens is 264 g/mol. The number of nitrogens with zero attached hydrogens (tertiary/aromatic N) is 3. The van der Waals surface area contributed by atoms with E-state index in [0.29, 0.717) is 22.3 Å². The molecule has 20 heavy (non-hydrogen) atoms. The van der Waals surface area contributed by atoms with Crippen LogP contribution in [0.25, 0.3) is 21.9 Å². The van der Waals surface area contributed by atoms with Gasteiger partial charge in [-0.1, -0.05) is 0 Å². The van der Waals surface area contributed by atoms with Crippen LogP contribution in [0.4, 0.5) is 0 Å². The van der Waals surface area contributed by atoms with Crippen LogP contribution in [0.15, 0.2) is 17.1 Å². The molecule has 102 valence electrons. The summed E-state index contributed by atoms with van der Waals surface area (Å²) in [5.41, 5.74) is 0.464. The van der Waals surface area contributed by atoms with E-state index in [9.17, 15) is 9.59 Å². The minimum Gasteiger partial charge on any atom is -0.494 e. The minimum atomic E-state index is -1.31. The van der Waals surface area contributed by atoms with E-state index in [-0.39, 0.29) is 10.9 Å². The maximum Gasteiger partial charge on any atom is 0.341 e. The van der Waals surface area contributed by atoms with Crippen LogP contribution in [-0.4, -0.2) is 38.2 Å². The van der Waals surface area contributed by atoms with Crippen LogP contribution in [-0.2, 0) is 7.05 Å². The summed E-state index contributed by atoms with van der Waals surface area (Å²) in [7, 11) is 3.21. The number of hydrogen-bond donors (Lipinski definition) is 2. The van der Waals surface area contributed by atoms with Gasteiger partial charge in [0, 0.05) is 13.2 Å². The first-order chi connectivity index (χ1) is 9.54. The standard InChI is InChI=1S/C12H10N4O4/c1-16-10-7(20-2)3-5-8(9(10)14-15-16)13-4-6(11(5)17)12(18)19/h3-4,15H,1-2H3,(H,18,19). The number of carbonyl (C=O) groups is 1. The molecule has 0 saturated heterocycles. The first-order valence-corrected chi connectivity index (χ1v) is 5.68. The fraction of sp³-hybridized carbons (Fsp3) is 0.167. The van der Waals surface area contributed by atoms with Gasteiger partial charge in [0.05, 0.1) is 12.5 Å². The monoisotopic (exact) mass is 274 g/mol. The Balaban J connectivity index is 2.56. The second-order valence-corrected chi connectivity index (χ2v) is 4.25. The van der Waals surface area contributed by atoms with Crippen LogP contribution in [0.1, 0.15) is 10.4 Å². The van der Waals surface area contributed by atoms with Crippen molar-refractivity contribution in [1.82, 2.24) is 20.0 Å². The fourth-order valence-corrected chi connectivity index (χ4v) is 2.17. The molecule has 0 bridgehead atoms. The Bertz CT molecular complexity index is 909. The van der Waals surface area contributed by atoms with Crippen LogP contribution in [0.2, 0.25) is 0 Å². The number of benzene rings is 1. The third kappa shape index (κ3) is 1.48. The molecule has 0 unspecified atom stereocenters. The van der Waals surface area contributed by atoms with Gasteiger partial charge < -0.3 is 9.84 Å². The van der Waals surface area contributed by atoms with Crippen molar-refractivity contribution in [2.75, 3.05) is 7.11 Å². The fourth-order valence-electron chi connectivity index (χ4n) is 2.17. The number of aryl methyl sites for hydroxylation is 1. The lowest BCUT2D eigenvalue weighted by Gasteiger charge is -2.05. The number of aromatic amines is 1. The molecule has 2 aromatic heterocycles. The highest BCUT2D eigenvalue weighted by molar-refractivity contribution is 6.05. The van der Waals surface area contributed by atoms with E-state index in [0.717, 1.165) is 6.20 Å².